The number of nitrogens with one attached hydrogen (secondary N) is 4. The molecule has 1 atom stereocenters. The fourth-order valence-electron chi connectivity index (χ4n) is 5.16. The third kappa shape index (κ3) is 6.44. The monoisotopic (exact) mass is 614 g/mol. The van der Waals surface area contributed by atoms with Crippen LogP contribution < -0.4 is 10.0 Å². The van der Waals surface area contributed by atoms with E-state index in [4.69, 9.17) is 0 Å². The Labute approximate surface area is 253 Å². The molecule has 5 N–H and O–H groups in total. The first kappa shape index (κ1) is 29.4. The molecule has 0 aliphatic heterocycles. The molecule has 6 aromatic rings. The minimum atomic E-state index is -3.44. The van der Waals surface area contributed by atoms with Crippen molar-refractivity contribution in [1.82, 2.24) is 34.9 Å². The van der Waals surface area contributed by atoms with Gasteiger partial charge in [0.15, 0.2) is 5.65 Å². The number of fused-ring (bicyclic) bond motifs is 2. The number of sulfonamides is 1. The Kier molecular flexibility index (Phi) is 7.84. The molecule has 0 aliphatic rings. The molecule has 0 radical (unpaired) electrons. The van der Waals surface area contributed by atoms with E-state index in [9.17, 15) is 17.9 Å². The van der Waals surface area contributed by atoms with E-state index in [-0.39, 0.29) is 6.54 Å². The Balaban J connectivity index is 1.35. The number of aromatic nitrogens is 6. The lowest BCUT2D eigenvalue weighted by Crippen LogP contribution is -2.21. The summed E-state index contributed by atoms with van der Waals surface area (Å²) in [6, 6.07) is 12.0. The first-order valence-corrected chi connectivity index (χ1v) is 15.9. The summed E-state index contributed by atoms with van der Waals surface area (Å²) in [6.45, 7) is 4.06. The fourth-order valence-corrected chi connectivity index (χ4v) is 5.59. The molecule has 226 valence electrons. The van der Waals surface area contributed by atoms with Crippen molar-refractivity contribution in [2.24, 2.45) is 5.92 Å². The maximum absolute atomic E-state index is 14.6. The summed E-state index contributed by atoms with van der Waals surface area (Å²) < 4.78 is 40.1. The van der Waals surface area contributed by atoms with Crippen LogP contribution in [0.3, 0.4) is 0 Å². The molecule has 44 heavy (non-hydrogen) atoms. The first-order chi connectivity index (χ1) is 21.0. The zero-order valence-corrected chi connectivity index (χ0v) is 25.1. The lowest BCUT2D eigenvalue weighted by molar-refractivity contribution is 0.176. The first-order valence-electron chi connectivity index (χ1n) is 14.0. The number of H-pyrrole nitrogens is 2. The van der Waals surface area contributed by atoms with Gasteiger partial charge in [-0.25, -0.2) is 22.5 Å². The van der Waals surface area contributed by atoms with E-state index < -0.39 is 22.1 Å². The third-order valence-electron chi connectivity index (χ3n) is 7.09. The maximum Gasteiger partial charge on any atom is 0.209 e. The Morgan fingerprint density at radius 1 is 0.955 bits per heavy atom. The third-order valence-corrected chi connectivity index (χ3v) is 7.76. The van der Waals surface area contributed by atoms with Crippen molar-refractivity contribution in [3.63, 3.8) is 0 Å². The standard InChI is InChI=1S/C31H31FN8O3S/c1-17(2)6-28(41)37-23-10-20(14-33-16-23)21-11-25-30(39-40-31(25)35-15-21)27-12-24-26(38-27)4-5-34-29(24)19-7-18(8-22(32)9-19)13-36-44(3,42)43/h4-5,7-12,14-17,28,36-38,41H,6,13H2,1-3H3,(H,35,39,40). The second kappa shape index (κ2) is 11.8. The molecule has 0 bridgehead atoms. The molecule has 0 aliphatic carbocycles. The molecule has 1 unspecified atom stereocenters. The van der Waals surface area contributed by atoms with Crippen molar-refractivity contribution in [2.45, 2.75) is 33.0 Å². The molecule has 0 saturated carbocycles. The highest BCUT2D eigenvalue weighted by molar-refractivity contribution is 7.88. The van der Waals surface area contributed by atoms with E-state index in [2.05, 4.69) is 40.2 Å². The molecule has 5 heterocycles. The molecular weight excluding hydrogens is 583 g/mol. The molecule has 11 nitrogen and oxygen atoms in total. The summed E-state index contributed by atoms with van der Waals surface area (Å²) in [5.74, 6) is -0.158. The molecule has 0 fully saturated rings. The van der Waals surface area contributed by atoms with Gasteiger partial charge in [0, 0.05) is 58.1 Å². The van der Waals surface area contributed by atoms with E-state index in [1.165, 1.54) is 12.1 Å². The highest BCUT2D eigenvalue weighted by Crippen LogP contribution is 2.34. The summed E-state index contributed by atoms with van der Waals surface area (Å²) in [4.78, 5) is 16.8. The molecule has 1 aromatic carbocycles. The van der Waals surface area contributed by atoms with Crippen LogP contribution in [0, 0.1) is 11.7 Å². The number of nitrogens with zero attached hydrogens (tertiary/aromatic N) is 4. The predicted molar refractivity (Wildman–Crippen MR) is 168 cm³/mol. The zero-order valence-electron chi connectivity index (χ0n) is 24.3. The van der Waals surface area contributed by atoms with Crippen molar-refractivity contribution in [1.29, 1.82) is 0 Å². The van der Waals surface area contributed by atoms with Crippen LogP contribution in [0.25, 0.3) is 55.7 Å². The van der Waals surface area contributed by atoms with Gasteiger partial charge in [-0.05, 0) is 60.4 Å². The van der Waals surface area contributed by atoms with Gasteiger partial charge in [0.1, 0.15) is 17.7 Å². The number of pyridine rings is 3. The maximum atomic E-state index is 14.6. The van der Waals surface area contributed by atoms with Gasteiger partial charge in [0.2, 0.25) is 10.0 Å². The van der Waals surface area contributed by atoms with Crippen LogP contribution >= 0.6 is 0 Å². The van der Waals surface area contributed by atoms with Gasteiger partial charge in [0.05, 0.1) is 29.5 Å². The fraction of sp³-hybridized carbons (Fsp3) is 0.226. The molecular formula is C31H31FN8O3S. The number of aliphatic hydroxyl groups excluding tert-OH is 1. The largest absolute Gasteiger partial charge is 0.374 e. The van der Waals surface area contributed by atoms with Crippen LogP contribution in [0.1, 0.15) is 25.8 Å². The lowest BCUT2D eigenvalue weighted by atomic mass is 10.0. The number of hydrogen-bond donors (Lipinski definition) is 5. The number of aromatic amines is 2. The average molecular weight is 615 g/mol. The summed E-state index contributed by atoms with van der Waals surface area (Å²) in [7, 11) is -3.44. The van der Waals surface area contributed by atoms with Gasteiger partial charge in [-0.2, -0.15) is 5.10 Å². The van der Waals surface area contributed by atoms with E-state index in [1.807, 2.05) is 38.1 Å². The molecule has 0 spiro atoms. The van der Waals surface area contributed by atoms with Crippen molar-refractivity contribution < 1.29 is 17.9 Å². The summed E-state index contributed by atoms with van der Waals surface area (Å²) in [6.07, 6.45) is 7.76. The van der Waals surface area contributed by atoms with Crippen LogP contribution in [-0.4, -0.2) is 56.1 Å². The number of benzene rings is 1. The Morgan fingerprint density at radius 2 is 1.77 bits per heavy atom. The predicted octanol–water partition coefficient (Wildman–Crippen LogP) is 5.19. The van der Waals surface area contributed by atoms with Crippen LogP contribution in [0.2, 0.25) is 0 Å². The highest BCUT2D eigenvalue weighted by Gasteiger charge is 2.17. The van der Waals surface area contributed by atoms with Gasteiger partial charge in [0.25, 0.3) is 0 Å². The molecule has 0 saturated heterocycles. The van der Waals surface area contributed by atoms with E-state index in [0.29, 0.717) is 51.9 Å². The van der Waals surface area contributed by atoms with Gasteiger partial charge in [-0.15, -0.1) is 0 Å². The zero-order chi connectivity index (χ0) is 31.0. The number of hydrogen-bond acceptors (Lipinski definition) is 8. The van der Waals surface area contributed by atoms with Gasteiger partial charge >= 0.3 is 0 Å². The van der Waals surface area contributed by atoms with Crippen LogP contribution in [0.15, 0.2) is 67.3 Å². The average Bonchev–Trinajstić information content (AvgIpc) is 3.59. The minimum absolute atomic E-state index is 0.0421. The normalized spacial score (nSPS) is 12.8. The van der Waals surface area contributed by atoms with E-state index in [0.717, 1.165) is 33.7 Å². The summed E-state index contributed by atoms with van der Waals surface area (Å²) in [5.41, 5.74) is 6.60. The summed E-state index contributed by atoms with van der Waals surface area (Å²) in [5, 5.41) is 22.5. The molecule has 6 rings (SSSR count). The second-order valence-corrected chi connectivity index (χ2v) is 13.0. The Morgan fingerprint density at radius 3 is 2.57 bits per heavy atom. The van der Waals surface area contributed by atoms with Crippen LogP contribution in [0.4, 0.5) is 10.1 Å². The van der Waals surface area contributed by atoms with Crippen molar-refractivity contribution in [3.05, 3.63) is 78.6 Å². The van der Waals surface area contributed by atoms with Crippen molar-refractivity contribution in [2.75, 3.05) is 11.6 Å². The number of rotatable bonds is 10. The SMILES string of the molecule is CC(C)CC(O)Nc1cncc(-c2cnc3[nH]nc(-c4cc5c(-c6cc(F)cc(CNS(C)(=O)=O)c6)nccc5[nH]4)c3c2)c1. The van der Waals surface area contributed by atoms with Crippen molar-refractivity contribution >= 4 is 37.6 Å². The second-order valence-electron chi connectivity index (χ2n) is 11.2. The van der Waals surface area contributed by atoms with Gasteiger partial charge in [-0.3, -0.25) is 15.1 Å². The Hall–Kier alpha value is -4.72. The lowest BCUT2D eigenvalue weighted by Gasteiger charge is -2.16. The highest BCUT2D eigenvalue weighted by atomic mass is 32.2. The van der Waals surface area contributed by atoms with E-state index >= 15 is 0 Å². The van der Waals surface area contributed by atoms with Crippen molar-refractivity contribution in [3.8, 4) is 33.8 Å². The topological polar surface area (TPSA) is 162 Å². The Bertz CT molecular complexity index is 2090. The van der Waals surface area contributed by atoms with Crippen LogP contribution in [-0.2, 0) is 16.6 Å². The number of aliphatic hydroxyl groups is 1. The van der Waals surface area contributed by atoms with Gasteiger partial charge < -0.3 is 15.4 Å². The molecule has 0 amide bonds. The smallest absolute Gasteiger partial charge is 0.209 e. The molecule has 13 heteroatoms. The summed E-state index contributed by atoms with van der Waals surface area (Å²) >= 11 is 0. The molecule has 5 aromatic heterocycles. The van der Waals surface area contributed by atoms with E-state index in [1.54, 1.807) is 30.9 Å². The van der Waals surface area contributed by atoms with Crippen LogP contribution in [0.5, 0.6) is 0 Å². The number of halogens is 1. The quantitative estimate of drug-likeness (QED) is 0.132. The number of anilines is 1. The van der Waals surface area contributed by atoms with Gasteiger partial charge in [-0.1, -0.05) is 13.8 Å². The minimum Gasteiger partial charge on any atom is -0.374 e.